The number of halogens is 3. The Morgan fingerprint density at radius 1 is 1.05 bits per heavy atom. The Morgan fingerprint density at radius 2 is 1.75 bits per heavy atom. The molecule has 1 N–H and O–H groups in total. The second-order valence-corrected chi connectivity index (χ2v) is 5.58. The maximum atomic E-state index is 13.9. The highest BCUT2D eigenvalue weighted by Gasteiger charge is 2.29. The van der Waals surface area contributed by atoms with Gasteiger partial charge in [0.25, 0.3) is 0 Å². The average molecular weight is 313 g/mol. The second kappa shape index (κ2) is 5.24. The average Bonchev–Trinajstić information content (AvgIpc) is 2.39. The smallest absolute Gasteiger partial charge is 0.131 e. The maximum Gasteiger partial charge on any atom is 0.131 e. The zero-order valence-corrected chi connectivity index (χ0v) is 11.8. The van der Waals surface area contributed by atoms with Crippen molar-refractivity contribution in [3.63, 3.8) is 0 Å². The summed E-state index contributed by atoms with van der Waals surface area (Å²) in [5.74, 6) is 0.0830. The molecular weight excluding hydrogens is 302 g/mol. The summed E-state index contributed by atoms with van der Waals surface area (Å²) in [6, 6.07) is 9.44. The lowest BCUT2D eigenvalue weighted by molar-refractivity contribution is 0.0640. The molecule has 0 bridgehead atoms. The van der Waals surface area contributed by atoms with Crippen LogP contribution in [0.15, 0.2) is 36.4 Å². The number of benzene rings is 2. The SMILES string of the molecule is O[C@H]1CC(c2ccc(Cl)cc2F)Oc2ccc(Cl)cc21. The normalized spacial score (nSPS) is 21.2. The van der Waals surface area contributed by atoms with Gasteiger partial charge >= 0.3 is 0 Å². The Kier molecular flexibility index (Phi) is 3.59. The molecule has 0 amide bonds. The second-order valence-electron chi connectivity index (χ2n) is 4.71. The van der Waals surface area contributed by atoms with Crippen LogP contribution >= 0.6 is 23.2 Å². The van der Waals surface area contributed by atoms with E-state index in [1.54, 1.807) is 30.3 Å². The standard InChI is InChI=1S/C15H11Cl2FO2/c16-8-2-4-14-11(5-8)13(19)7-15(20-14)10-3-1-9(17)6-12(10)18/h1-6,13,15,19H,7H2/t13-,15?/m0/s1. The van der Waals surface area contributed by atoms with Crippen LogP contribution < -0.4 is 4.74 Å². The fourth-order valence-corrected chi connectivity index (χ4v) is 2.71. The van der Waals surface area contributed by atoms with E-state index in [1.807, 2.05) is 0 Å². The fourth-order valence-electron chi connectivity index (χ4n) is 2.37. The highest BCUT2D eigenvalue weighted by Crippen LogP contribution is 2.42. The topological polar surface area (TPSA) is 29.5 Å². The maximum absolute atomic E-state index is 13.9. The summed E-state index contributed by atoms with van der Waals surface area (Å²) in [5, 5.41) is 11.0. The van der Waals surface area contributed by atoms with Crippen LogP contribution in [-0.4, -0.2) is 5.11 Å². The van der Waals surface area contributed by atoms with Crippen molar-refractivity contribution < 1.29 is 14.2 Å². The van der Waals surface area contributed by atoms with Crippen LogP contribution in [0.1, 0.15) is 29.8 Å². The molecule has 0 aliphatic carbocycles. The number of fused-ring (bicyclic) bond motifs is 1. The van der Waals surface area contributed by atoms with Crippen LogP contribution in [0, 0.1) is 5.82 Å². The van der Waals surface area contributed by atoms with Crippen LogP contribution in [0.5, 0.6) is 5.75 Å². The Bertz CT molecular complexity index is 660. The van der Waals surface area contributed by atoms with Crippen LogP contribution in [-0.2, 0) is 0 Å². The predicted molar refractivity (Wildman–Crippen MR) is 75.8 cm³/mol. The van der Waals surface area contributed by atoms with Gasteiger partial charge in [-0.25, -0.2) is 4.39 Å². The fraction of sp³-hybridized carbons (Fsp3) is 0.200. The van der Waals surface area contributed by atoms with E-state index in [4.69, 9.17) is 27.9 Å². The molecule has 2 aromatic carbocycles. The molecule has 0 aromatic heterocycles. The van der Waals surface area contributed by atoms with Crippen LogP contribution in [0.4, 0.5) is 4.39 Å². The summed E-state index contributed by atoms with van der Waals surface area (Å²) in [6.45, 7) is 0. The van der Waals surface area contributed by atoms with Crippen molar-refractivity contribution in [2.45, 2.75) is 18.6 Å². The monoisotopic (exact) mass is 312 g/mol. The molecule has 20 heavy (non-hydrogen) atoms. The van der Waals surface area contributed by atoms with E-state index in [1.165, 1.54) is 6.07 Å². The van der Waals surface area contributed by atoms with Gasteiger partial charge < -0.3 is 9.84 Å². The number of aliphatic hydroxyl groups is 1. The Morgan fingerprint density at radius 3 is 2.50 bits per heavy atom. The molecule has 5 heteroatoms. The molecule has 1 aliphatic rings. The molecule has 0 spiro atoms. The Labute approximate surface area is 125 Å². The molecule has 104 valence electrons. The molecule has 2 aromatic rings. The summed E-state index contributed by atoms with van der Waals surface area (Å²) < 4.78 is 19.7. The zero-order chi connectivity index (χ0) is 14.3. The first-order chi connectivity index (χ1) is 9.54. The van der Waals surface area contributed by atoms with Gasteiger partial charge in [-0.1, -0.05) is 29.3 Å². The highest BCUT2D eigenvalue weighted by molar-refractivity contribution is 6.30. The van der Waals surface area contributed by atoms with Crippen LogP contribution in [0.2, 0.25) is 10.0 Å². The summed E-state index contributed by atoms with van der Waals surface area (Å²) in [5.41, 5.74) is 1.01. The van der Waals surface area contributed by atoms with Gasteiger partial charge in [0.05, 0.1) is 6.10 Å². The van der Waals surface area contributed by atoms with Crippen molar-refractivity contribution in [3.8, 4) is 5.75 Å². The lowest BCUT2D eigenvalue weighted by Gasteiger charge is -2.30. The first kappa shape index (κ1) is 13.7. The molecular formula is C15H11Cl2FO2. The van der Waals surface area contributed by atoms with Gasteiger partial charge in [-0.05, 0) is 30.3 Å². The molecule has 0 saturated heterocycles. The van der Waals surface area contributed by atoms with Gasteiger partial charge in [0, 0.05) is 27.6 Å². The van der Waals surface area contributed by atoms with E-state index < -0.39 is 18.0 Å². The number of ether oxygens (including phenoxy) is 1. The molecule has 2 nitrogen and oxygen atoms in total. The zero-order valence-electron chi connectivity index (χ0n) is 10.3. The number of hydrogen-bond donors (Lipinski definition) is 1. The van der Waals surface area contributed by atoms with Crippen molar-refractivity contribution in [3.05, 3.63) is 63.4 Å². The third-order valence-corrected chi connectivity index (χ3v) is 3.82. The van der Waals surface area contributed by atoms with Crippen molar-refractivity contribution in [1.82, 2.24) is 0 Å². The first-order valence-electron chi connectivity index (χ1n) is 6.13. The van der Waals surface area contributed by atoms with Crippen molar-refractivity contribution in [2.75, 3.05) is 0 Å². The van der Waals surface area contributed by atoms with E-state index in [-0.39, 0.29) is 6.42 Å². The number of aliphatic hydroxyl groups excluding tert-OH is 1. The molecule has 0 fully saturated rings. The summed E-state index contributed by atoms with van der Waals surface area (Å²) in [6.07, 6.45) is -1.01. The lowest BCUT2D eigenvalue weighted by atomic mass is 9.95. The summed E-state index contributed by atoms with van der Waals surface area (Å²) >= 11 is 11.6. The van der Waals surface area contributed by atoms with Gasteiger partial charge in [-0.15, -0.1) is 0 Å². The number of hydrogen-bond acceptors (Lipinski definition) is 2. The molecule has 0 radical (unpaired) electrons. The predicted octanol–water partition coefficient (Wildman–Crippen LogP) is 4.69. The van der Waals surface area contributed by atoms with E-state index in [0.29, 0.717) is 26.9 Å². The lowest BCUT2D eigenvalue weighted by Crippen LogP contribution is -2.20. The summed E-state index contributed by atoms with van der Waals surface area (Å²) in [7, 11) is 0. The van der Waals surface area contributed by atoms with Crippen LogP contribution in [0.25, 0.3) is 0 Å². The quantitative estimate of drug-likeness (QED) is 0.827. The van der Waals surface area contributed by atoms with E-state index >= 15 is 0 Å². The van der Waals surface area contributed by atoms with Crippen LogP contribution in [0.3, 0.4) is 0 Å². The van der Waals surface area contributed by atoms with E-state index in [2.05, 4.69) is 0 Å². The van der Waals surface area contributed by atoms with Gasteiger partial charge in [0.1, 0.15) is 17.7 Å². The van der Waals surface area contributed by atoms with E-state index in [0.717, 1.165) is 0 Å². The minimum Gasteiger partial charge on any atom is -0.485 e. The third-order valence-electron chi connectivity index (χ3n) is 3.35. The Balaban J connectivity index is 1.97. The number of rotatable bonds is 1. The van der Waals surface area contributed by atoms with Crippen molar-refractivity contribution >= 4 is 23.2 Å². The summed E-state index contributed by atoms with van der Waals surface area (Å²) in [4.78, 5) is 0. The molecule has 2 atom stereocenters. The molecule has 1 unspecified atom stereocenters. The van der Waals surface area contributed by atoms with Gasteiger partial charge in [0.15, 0.2) is 0 Å². The Hall–Kier alpha value is -1.29. The first-order valence-corrected chi connectivity index (χ1v) is 6.89. The molecule has 3 rings (SSSR count). The minimum atomic E-state index is -0.738. The van der Waals surface area contributed by atoms with E-state index in [9.17, 15) is 9.50 Å². The third kappa shape index (κ3) is 2.49. The van der Waals surface area contributed by atoms with Crippen molar-refractivity contribution in [1.29, 1.82) is 0 Å². The molecule has 1 heterocycles. The van der Waals surface area contributed by atoms with Crippen molar-refractivity contribution in [2.24, 2.45) is 0 Å². The van der Waals surface area contributed by atoms with Gasteiger partial charge in [-0.2, -0.15) is 0 Å². The highest BCUT2D eigenvalue weighted by atomic mass is 35.5. The minimum absolute atomic E-state index is 0.270. The molecule has 1 aliphatic heterocycles. The van der Waals surface area contributed by atoms with Gasteiger partial charge in [-0.3, -0.25) is 0 Å². The largest absolute Gasteiger partial charge is 0.485 e. The van der Waals surface area contributed by atoms with Gasteiger partial charge in [0.2, 0.25) is 0 Å². The molecule has 0 saturated carbocycles.